The minimum atomic E-state index is 0.204. The van der Waals surface area contributed by atoms with Gasteiger partial charge < -0.3 is 10.6 Å². The first-order valence-corrected chi connectivity index (χ1v) is 7.07. The molecule has 1 rings (SSSR count). The number of nitrogens with one attached hydrogen (secondary N) is 2. The van der Waals surface area contributed by atoms with E-state index >= 15 is 0 Å². The van der Waals surface area contributed by atoms with Crippen molar-refractivity contribution in [3.63, 3.8) is 0 Å². The van der Waals surface area contributed by atoms with Gasteiger partial charge in [0.25, 0.3) is 0 Å². The van der Waals surface area contributed by atoms with E-state index in [1.54, 1.807) is 0 Å². The first kappa shape index (κ1) is 14.1. The van der Waals surface area contributed by atoms with Crippen LogP contribution in [0, 0.1) is 6.92 Å². The van der Waals surface area contributed by atoms with Gasteiger partial charge in [0, 0.05) is 29.6 Å². The molecule has 0 spiro atoms. The van der Waals surface area contributed by atoms with Crippen molar-refractivity contribution in [1.82, 2.24) is 9.97 Å². The highest BCUT2D eigenvalue weighted by molar-refractivity contribution is 7.99. The molecule has 0 amide bonds. The number of aromatic nitrogens is 2. The zero-order valence-electron chi connectivity index (χ0n) is 11.3. The predicted molar refractivity (Wildman–Crippen MR) is 77.0 cm³/mol. The van der Waals surface area contributed by atoms with Gasteiger partial charge in [-0.15, -0.1) is 0 Å². The van der Waals surface area contributed by atoms with Gasteiger partial charge in [-0.2, -0.15) is 16.7 Å². The monoisotopic (exact) mass is 254 g/mol. The van der Waals surface area contributed by atoms with Gasteiger partial charge in [-0.1, -0.05) is 0 Å². The van der Waals surface area contributed by atoms with Gasteiger partial charge in [-0.25, -0.2) is 4.98 Å². The second-order valence-electron chi connectivity index (χ2n) is 4.57. The molecule has 0 radical (unpaired) electrons. The summed E-state index contributed by atoms with van der Waals surface area (Å²) in [4.78, 5) is 8.68. The highest BCUT2D eigenvalue weighted by Crippen LogP contribution is 2.22. The fourth-order valence-corrected chi connectivity index (χ4v) is 1.45. The lowest BCUT2D eigenvalue weighted by atomic mass is 10.2. The summed E-state index contributed by atoms with van der Waals surface area (Å²) in [6.45, 7) is 10.2. The highest BCUT2D eigenvalue weighted by Gasteiger charge is 2.16. The molecular weight excluding hydrogens is 232 g/mol. The summed E-state index contributed by atoms with van der Waals surface area (Å²) < 4.78 is 0.204. The average molecular weight is 254 g/mol. The van der Waals surface area contributed by atoms with Gasteiger partial charge in [0.2, 0.25) is 5.95 Å². The van der Waals surface area contributed by atoms with Gasteiger partial charge in [-0.3, -0.25) is 0 Å². The summed E-state index contributed by atoms with van der Waals surface area (Å²) in [5, 5.41) is 6.51. The van der Waals surface area contributed by atoms with E-state index in [2.05, 4.69) is 40.7 Å². The van der Waals surface area contributed by atoms with Crippen LogP contribution in [0.25, 0.3) is 0 Å². The molecule has 0 fully saturated rings. The normalized spacial score (nSPS) is 11.4. The summed E-state index contributed by atoms with van der Waals surface area (Å²) in [6.07, 6.45) is 3.97. The number of hydrogen-bond acceptors (Lipinski definition) is 5. The average Bonchev–Trinajstić information content (AvgIpc) is 2.30. The Hall–Kier alpha value is -0.970. The fraction of sp³-hybridized carbons (Fsp3) is 0.667. The molecule has 0 saturated carbocycles. The van der Waals surface area contributed by atoms with E-state index in [4.69, 9.17) is 0 Å². The van der Waals surface area contributed by atoms with E-state index in [0.717, 1.165) is 24.5 Å². The summed E-state index contributed by atoms with van der Waals surface area (Å²) in [7, 11) is 0. The van der Waals surface area contributed by atoms with E-state index in [9.17, 15) is 0 Å². The second-order valence-corrected chi connectivity index (χ2v) is 6.09. The van der Waals surface area contributed by atoms with Crippen molar-refractivity contribution in [2.75, 3.05) is 30.0 Å². The van der Waals surface area contributed by atoms with E-state index < -0.39 is 0 Å². The zero-order valence-corrected chi connectivity index (χ0v) is 12.1. The number of aryl methyl sites for hydroxylation is 1. The predicted octanol–water partition coefficient (Wildman–Crippen LogP) is 2.77. The van der Waals surface area contributed by atoms with Crippen molar-refractivity contribution in [3.05, 3.63) is 11.8 Å². The Balaban J connectivity index is 2.72. The summed E-state index contributed by atoms with van der Waals surface area (Å²) in [5.74, 6) is 1.60. The topological polar surface area (TPSA) is 49.8 Å². The van der Waals surface area contributed by atoms with Crippen molar-refractivity contribution in [1.29, 1.82) is 0 Å². The molecule has 2 N–H and O–H groups in total. The minimum Gasteiger partial charge on any atom is -0.368 e. The molecule has 17 heavy (non-hydrogen) atoms. The lowest BCUT2D eigenvalue weighted by Gasteiger charge is -2.23. The third-order valence-corrected chi connectivity index (χ3v) is 3.79. The third-order valence-electron chi connectivity index (χ3n) is 2.54. The molecule has 0 bridgehead atoms. The maximum atomic E-state index is 4.46. The number of anilines is 2. The zero-order chi connectivity index (χ0) is 12.9. The number of thioether (sulfide) groups is 1. The van der Waals surface area contributed by atoms with Crippen molar-refractivity contribution in [2.24, 2.45) is 0 Å². The first-order valence-electron chi connectivity index (χ1n) is 5.85. The molecule has 0 aliphatic carbocycles. The van der Waals surface area contributed by atoms with E-state index in [-0.39, 0.29) is 4.75 Å². The van der Waals surface area contributed by atoms with Crippen LogP contribution in [0.2, 0.25) is 0 Å². The van der Waals surface area contributed by atoms with Crippen LogP contribution in [-0.4, -0.2) is 34.1 Å². The molecule has 0 aliphatic heterocycles. The second kappa shape index (κ2) is 6.10. The molecule has 0 aliphatic rings. The summed E-state index contributed by atoms with van der Waals surface area (Å²) in [6, 6.07) is 0. The highest BCUT2D eigenvalue weighted by atomic mass is 32.2. The van der Waals surface area contributed by atoms with Gasteiger partial charge in [-0.05, 0) is 34.0 Å². The molecule has 1 heterocycles. The van der Waals surface area contributed by atoms with Crippen molar-refractivity contribution in [3.8, 4) is 0 Å². The van der Waals surface area contributed by atoms with Crippen molar-refractivity contribution >= 4 is 23.5 Å². The van der Waals surface area contributed by atoms with Gasteiger partial charge in [0.1, 0.15) is 5.82 Å². The molecule has 0 aromatic carbocycles. The lowest BCUT2D eigenvalue weighted by Crippen LogP contribution is -2.26. The molecule has 0 unspecified atom stereocenters. The Morgan fingerprint density at radius 1 is 1.35 bits per heavy atom. The van der Waals surface area contributed by atoms with Gasteiger partial charge in [0.15, 0.2) is 0 Å². The lowest BCUT2D eigenvalue weighted by molar-refractivity contribution is 0.749. The molecular formula is C12H22N4S. The van der Waals surface area contributed by atoms with Crippen LogP contribution < -0.4 is 10.6 Å². The van der Waals surface area contributed by atoms with Gasteiger partial charge in [0.05, 0.1) is 0 Å². The largest absolute Gasteiger partial charge is 0.368 e. The van der Waals surface area contributed by atoms with Crippen molar-refractivity contribution in [2.45, 2.75) is 32.4 Å². The maximum Gasteiger partial charge on any atom is 0.224 e. The SMILES string of the molecule is CCNc1ncc(C)c(NCC(C)(C)SC)n1. The minimum absolute atomic E-state index is 0.204. The third kappa shape index (κ3) is 4.42. The number of hydrogen-bond donors (Lipinski definition) is 2. The van der Waals surface area contributed by atoms with E-state index in [0.29, 0.717) is 5.95 Å². The molecule has 4 nitrogen and oxygen atoms in total. The van der Waals surface area contributed by atoms with Crippen molar-refractivity contribution < 1.29 is 0 Å². The Bertz CT molecular complexity index is 366. The molecule has 96 valence electrons. The Labute approximate surface area is 108 Å². The molecule has 1 aromatic heterocycles. The quantitative estimate of drug-likeness (QED) is 0.817. The molecule has 1 aromatic rings. The van der Waals surface area contributed by atoms with Crippen LogP contribution in [0.4, 0.5) is 11.8 Å². The van der Waals surface area contributed by atoms with E-state index in [1.165, 1.54) is 0 Å². The van der Waals surface area contributed by atoms with Gasteiger partial charge >= 0.3 is 0 Å². The van der Waals surface area contributed by atoms with Crippen LogP contribution in [0.5, 0.6) is 0 Å². The Morgan fingerprint density at radius 2 is 2.06 bits per heavy atom. The van der Waals surface area contributed by atoms with Crippen LogP contribution in [-0.2, 0) is 0 Å². The van der Waals surface area contributed by atoms with Crippen LogP contribution >= 0.6 is 11.8 Å². The molecule has 0 saturated heterocycles. The first-order chi connectivity index (χ1) is 7.98. The Morgan fingerprint density at radius 3 is 2.65 bits per heavy atom. The van der Waals surface area contributed by atoms with Crippen LogP contribution in [0.15, 0.2) is 6.20 Å². The number of rotatable bonds is 6. The van der Waals surface area contributed by atoms with Crippen LogP contribution in [0.1, 0.15) is 26.3 Å². The van der Waals surface area contributed by atoms with E-state index in [1.807, 2.05) is 31.8 Å². The van der Waals surface area contributed by atoms with Crippen LogP contribution in [0.3, 0.4) is 0 Å². The smallest absolute Gasteiger partial charge is 0.224 e. The number of nitrogens with zero attached hydrogens (tertiary/aromatic N) is 2. The summed E-state index contributed by atoms with van der Waals surface area (Å²) >= 11 is 1.85. The standard InChI is InChI=1S/C12H22N4S/c1-6-13-11-14-7-9(2)10(16-11)15-8-12(3,4)17-5/h7H,6,8H2,1-5H3,(H2,13,14,15,16). The molecule has 0 atom stereocenters. The Kier molecular flexibility index (Phi) is 5.05. The summed E-state index contributed by atoms with van der Waals surface area (Å²) in [5.41, 5.74) is 1.07. The molecule has 5 heteroatoms. The maximum absolute atomic E-state index is 4.46. The fourth-order valence-electron chi connectivity index (χ4n) is 1.23.